The van der Waals surface area contributed by atoms with Gasteiger partial charge in [0.05, 0.1) is 23.4 Å². The molecule has 166 valence electrons. The van der Waals surface area contributed by atoms with Gasteiger partial charge in [-0.15, -0.1) is 22.8 Å². The van der Waals surface area contributed by atoms with Crippen molar-refractivity contribution in [3.8, 4) is 22.8 Å². The first-order valence-electron chi connectivity index (χ1n) is 10.2. The molecule has 0 fully saturated rings. The third-order valence-electron chi connectivity index (χ3n) is 5.65. The Balaban J connectivity index is 1.97. The number of fused-ring (bicyclic) bond motifs is 1. The van der Waals surface area contributed by atoms with Gasteiger partial charge >= 0.3 is 0 Å². The number of rotatable bonds is 7. The van der Waals surface area contributed by atoms with Crippen LogP contribution in [0.4, 0.5) is 5.69 Å². The highest BCUT2D eigenvalue weighted by molar-refractivity contribution is 7.80. The topological polar surface area (TPSA) is 105 Å². The first-order valence-corrected chi connectivity index (χ1v) is 10.6. The lowest BCUT2D eigenvalue weighted by Crippen LogP contribution is -2.20. The summed E-state index contributed by atoms with van der Waals surface area (Å²) in [4.78, 5) is 11.8. The van der Waals surface area contributed by atoms with E-state index < -0.39 is 5.41 Å². The lowest BCUT2D eigenvalue weighted by Gasteiger charge is -2.23. The number of phenols is 1. The number of phenolic OH excluding ortho intramolecular Hbond substituents is 1. The van der Waals surface area contributed by atoms with E-state index in [4.69, 9.17) is 0 Å². The monoisotopic (exact) mass is 451 g/mol. The molecule has 0 aliphatic heterocycles. The third kappa shape index (κ3) is 3.53. The Morgan fingerprint density at radius 2 is 2.00 bits per heavy atom. The van der Waals surface area contributed by atoms with Crippen LogP contribution in [-0.2, 0) is 16.8 Å². The van der Waals surface area contributed by atoms with Gasteiger partial charge in [0, 0.05) is 42.3 Å². The average Bonchev–Trinajstić information content (AvgIpc) is 3.37. The number of aromatic nitrogens is 4. The summed E-state index contributed by atoms with van der Waals surface area (Å²) in [5, 5.41) is 33.0. The Labute approximate surface area is 190 Å². The molecular weight excluding hydrogens is 426 g/mol. The maximum Gasteiger partial charge on any atom is 0.193 e. The highest BCUT2D eigenvalue weighted by Crippen LogP contribution is 2.40. The molecule has 2 heterocycles. The molecule has 2 aromatic heterocycles. The minimum Gasteiger partial charge on any atom is -0.507 e. The zero-order valence-corrected chi connectivity index (χ0v) is 19.0. The number of nitrogens with zero attached hydrogens (tertiary/aromatic N) is 4. The lowest BCUT2D eigenvalue weighted by molar-refractivity contribution is -0.111. The molecule has 0 bridgehead atoms. The third-order valence-corrected chi connectivity index (χ3v) is 5.94. The molecule has 2 aromatic carbocycles. The molecule has 3 N–H and O–H groups in total. The molecule has 0 spiro atoms. The first-order chi connectivity index (χ1) is 15.3. The Morgan fingerprint density at radius 3 is 2.69 bits per heavy atom. The van der Waals surface area contributed by atoms with Crippen LogP contribution >= 0.6 is 12.6 Å². The van der Waals surface area contributed by atoms with Crippen LogP contribution in [0.5, 0.6) is 5.75 Å². The van der Waals surface area contributed by atoms with Crippen LogP contribution in [0.1, 0.15) is 19.4 Å². The molecule has 0 saturated carbocycles. The number of carbonyl (C=O) groups excluding carboxylic acids is 1. The summed E-state index contributed by atoms with van der Waals surface area (Å²) < 4.78 is 3.73. The fourth-order valence-corrected chi connectivity index (χ4v) is 4.20. The second-order valence-electron chi connectivity index (χ2n) is 8.11. The van der Waals surface area contributed by atoms with Gasteiger partial charge in [-0.1, -0.05) is 6.07 Å². The molecule has 0 atom stereocenters. The fraction of sp³-hybridized carbons (Fsp3) is 0.261. The number of nitrogens with one attached hydrogen (secondary N) is 1. The summed E-state index contributed by atoms with van der Waals surface area (Å²) in [7, 11) is 1.74. The number of thiol groups is 1. The SMILES string of the molecule is CNc1cc(O)c(-c2nnc(S)n2-c2cccc3c2ccn3CCO)cc1C(C)(C)C=O. The van der Waals surface area contributed by atoms with Gasteiger partial charge in [0.1, 0.15) is 12.0 Å². The second-order valence-corrected chi connectivity index (χ2v) is 8.51. The summed E-state index contributed by atoms with van der Waals surface area (Å²) >= 11 is 4.52. The van der Waals surface area contributed by atoms with Crippen LogP contribution in [0, 0.1) is 0 Å². The number of aromatic hydroxyl groups is 1. The Hall–Kier alpha value is -3.30. The normalized spacial score (nSPS) is 11.8. The number of hydrogen-bond acceptors (Lipinski definition) is 7. The highest BCUT2D eigenvalue weighted by Gasteiger charge is 2.27. The van der Waals surface area contributed by atoms with Gasteiger partial charge in [-0.2, -0.15) is 0 Å². The molecule has 9 heteroatoms. The van der Waals surface area contributed by atoms with Crippen LogP contribution in [-0.4, -0.2) is 49.5 Å². The van der Waals surface area contributed by atoms with Gasteiger partial charge in [0.25, 0.3) is 0 Å². The van der Waals surface area contributed by atoms with E-state index in [-0.39, 0.29) is 12.4 Å². The van der Waals surface area contributed by atoms with Crippen molar-refractivity contribution in [2.75, 3.05) is 19.0 Å². The molecular formula is C23H25N5O3S. The summed E-state index contributed by atoms with van der Waals surface area (Å²) in [5.74, 6) is 0.410. The van der Waals surface area contributed by atoms with E-state index in [1.807, 2.05) is 48.9 Å². The van der Waals surface area contributed by atoms with Crippen molar-refractivity contribution in [1.82, 2.24) is 19.3 Å². The first kappa shape index (κ1) is 21.9. The number of aldehydes is 1. The summed E-state index contributed by atoms with van der Waals surface area (Å²) in [6.07, 6.45) is 2.79. The van der Waals surface area contributed by atoms with Crippen molar-refractivity contribution >= 4 is 35.5 Å². The van der Waals surface area contributed by atoms with E-state index in [2.05, 4.69) is 28.1 Å². The van der Waals surface area contributed by atoms with Crippen molar-refractivity contribution in [1.29, 1.82) is 0 Å². The van der Waals surface area contributed by atoms with Crippen LogP contribution in [0.2, 0.25) is 0 Å². The summed E-state index contributed by atoms with van der Waals surface area (Å²) in [6, 6.07) is 11.1. The van der Waals surface area contributed by atoms with E-state index >= 15 is 0 Å². The van der Waals surface area contributed by atoms with Gasteiger partial charge in [-0.05, 0) is 43.7 Å². The van der Waals surface area contributed by atoms with Crippen LogP contribution in [0.15, 0.2) is 47.8 Å². The minimum atomic E-state index is -0.781. The molecule has 4 aromatic rings. The molecule has 4 rings (SSSR count). The van der Waals surface area contributed by atoms with E-state index in [0.717, 1.165) is 28.4 Å². The van der Waals surface area contributed by atoms with Gasteiger partial charge in [0.2, 0.25) is 0 Å². The number of aliphatic hydroxyl groups excluding tert-OH is 1. The minimum absolute atomic E-state index is 0.00630. The molecule has 0 amide bonds. The molecule has 0 aliphatic rings. The largest absolute Gasteiger partial charge is 0.507 e. The number of anilines is 1. The molecule has 0 saturated heterocycles. The summed E-state index contributed by atoms with van der Waals surface area (Å²) in [5.41, 5.74) is 2.78. The van der Waals surface area contributed by atoms with Crippen molar-refractivity contribution in [3.05, 3.63) is 48.2 Å². The molecule has 0 unspecified atom stereocenters. The lowest BCUT2D eigenvalue weighted by atomic mass is 9.84. The zero-order chi connectivity index (χ0) is 23.0. The van der Waals surface area contributed by atoms with Crippen LogP contribution in [0.25, 0.3) is 28.0 Å². The average molecular weight is 452 g/mol. The highest BCUT2D eigenvalue weighted by atomic mass is 32.1. The standard InChI is InChI=1S/C23H25N5O3S/c1-23(2,13-30)16-11-15(20(31)12-17(16)24-3)21-25-26-22(32)28(21)19-6-4-5-18-14(19)7-8-27(18)9-10-29/h4-8,11-13,24,29,31H,9-10H2,1-3H3,(H,26,32). The van der Waals surface area contributed by atoms with Crippen LogP contribution < -0.4 is 5.32 Å². The van der Waals surface area contributed by atoms with Gasteiger partial charge < -0.3 is 24.9 Å². The predicted octanol–water partition coefficient (Wildman–Crippen LogP) is 3.39. The maximum atomic E-state index is 11.8. The van der Waals surface area contributed by atoms with Gasteiger partial charge in [0.15, 0.2) is 11.0 Å². The molecule has 0 aliphatic carbocycles. The van der Waals surface area contributed by atoms with Gasteiger partial charge in [-0.3, -0.25) is 4.57 Å². The molecule has 32 heavy (non-hydrogen) atoms. The number of benzene rings is 2. The van der Waals surface area contributed by atoms with Crippen LogP contribution in [0.3, 0.4) is 0 Å². The smallest absolute Gasteiger partial charge is 0.193 e. The van der Waals surface area contributed by atoms with E-state index in [9.17, 15) is 15.0 Å². The maximum absolute atomic E-state index is 11.8. The van der Waals surface area contributed by atoms with Crippen molar-refractivity contribution in [2.45, 2.75) is 31.0 Å². The van der Waals surface area contributed by atoms with Gasteiger partial charge in [-0.25, -0.2) is 0 Å². The number of aliphatic hydroxyl groups is 1. The quantitative estimate of drug-likeness (QED) is 0.254. The van der Waals surface area contributed by atoms with E-state index in [0.29, 0.717) is 28.8 Å². The zero-order valence-electron chi connectivity index (χ0n) is 18.1. The molecule has 0 radical (unpaired) electrons. The summed E-state index contributed by atoms with van der Waals surface area (Å²) in [6.45, 7) is 4.14. The Kier molecular flexibility index (Phi) is 5.70. The number of carbonyl (C=O) groups is 1. The fourth-order valence-electron chi connectivity index (χ4n) is 3.95. The van der Waals surface area contributed by atoms with E-state index in [1.54, 1.807) is 23.7 Å². The van der Waals surface area contributed by atoms with E-state index in [1.165, 1.54) is 0 Å². The Morgan fingerprint density at radius 1 is 1.22 bits per heavy atom. The van der Waals surface area contributed by atoms with Crippen molar-refractivity contribution < 1.29 is 15.0 Å². The van der Waals surface area contributed by atoms with Crippen molar-refractivity contribution in [3.63, 3.8) is 0 Å². The number of hydrogen-bond donors (Lipinski definition) is 4. The second kappa shape index (κ2) is 8.33. The molecule has 8 nitrogen and oxygen atoms in total. The Bertz CT molecular complexity index is 1310. The van der Waals surface area contributed by atoms with Crippen molar-refractivity contribution in [2.24, 2.45) is 0 Å². The predicted molar refractivity (Wildman–Crippen MR) is 127 cm³/mol.